The van der Waals surface area contributed by atoms with Crippen LogP contribution < -0.4 is 9.64 Å². The third-order valence-corrected chi connectivity index (χ3v) is 5.53. The van der Waals surface area contributed by atoms with E-state index >= 15 is 0 Å². The molecule has 0 bridgehead atoms. The summed E-state index contributed by atoms with van der Waals surface area (Å²) >= 11 is 6.35. The van der Waals surface area contributed by atoms with Crippen LogP contribution in [0.4, 0.5) is 5.69 Å². The number of rotatable bonds is 5. The van der Waals surface area contributed by atoms with Gasteiger partial charge in [-0.25, -0.2) is 0 Å². The fourth-order valence-electron chi connectivity index (χ4n) is 3.78. The van der Waals surface area contributed by atoms with Crippen LogP contribution in [0.1, 0.15) is 29.8 Å². The lowest BCUT2D eigenvalue weighted by molar-refractivity contribution is -0.132. The third-order valence-electron chi connectivity index (χ3n) is 5.20. The van der Waals surface area contributed by atoms with Crippen LogP contribution in [0.15, 0.2) is 72.4 Å². The number of amides is 1. The molecule has 0 aliphatic carbocycles. The standard InChI is InChI=1S/C25H21ClN2O4/c1-3-32-17-10-11-19(26)18(14-17)23(29)21-22(20-9-4-5-12-27-20)28(25(31)24(21)30)16-8-6-7-15(2)13-16/h4-14,22,29H,3H2,1-2H3/b23-21+. The molecule has 1 unspecified atom stereocenters. The zero-order chi connectivity index (χ0) is 22.8. The maximum absolute atomic E-state index is 13.2. The first-order chi connectivity index (χ1) is 15.4. The number of aliphatic hydroxyl groups is 1. The summed E-state index contributed by atoms with van der Waals surface area (Å²) in [6, 6.07) is 16.4. The molecule has 0 saturated carbocycles. The normalized spacial score (nSPS) is 17.6. The highest BCUT2D eigenvalue weighted by Gasteiger charge is 2.47. The number of ketones is 1. The Morgan fingerprint density at radius 3 is 2.62 bits per heavy atom. The van der Waals surface area contributed by atoms with Crippen LogP contribution in [-0.2, 0) is 9.59 Å². The highest BCUT2D eigenvalue weighted by molar-refractivity contribution is 6.52. The van der Waals surface area contributed by atoms with E-state index in [-0.39, 0.29) is 21.9 Å². The van der Waals surface area contributed by atoms with Crippen molar-refractivity contribution in [3.63, 3.8) is 0 Å². The Balaban J connectivity index is 1.95. The second-order valence-electron chi connectivity index (χ2n) is 7.34. The summed E-state index contributed by atoms with van der Waals surface area (Å²) in [5.74, 6) is -1.44. The van der Waals surface area contributed by atoms with Gasteiger partial charge in [0, 0.05) is 17.4 Å². The predicted molar refractivity (Wildman–Crippen MR) is 123 cm³/mol. The number of pyridine rings is 1. The van der Waals surface area contributed by atoms with E-state index in [0.29, 0.717) is 23.7 Å². The molecule has 3 aromatic rings. The van der Waals surface area contributed by atoms with Crippen molar-refractivity contribution in [2.75, 3.05) is 11.5 Å². The van der Waals surface area contributed by atoms with Gasteiger partial charge in [-0.3, -0.25) is 19.5 Å². The lowest BCUT2D eigenvalue weighted by Gasteiger charge is -2.25. The molecule has 1 atom stereocenters. The van der Waals surface area contributed by atoms with Crippen LogP contribution in [0.5, 0.6) is 5.75 Å². The smallest absolute Gasteiger partial charge is 0.300 e. The van der Waals surface area contributed by atoms with Gasteiger partial charge in [0.25, 0.3) is 11.7 Å². The summed E-state index contributed by atoms with van der Waals surface area (Å²) in [7, 11) is 0. The summed E-state index contributed by atoms with van der Waals surface area (Å²) in [4.78, 5) is 32.1. The zero-order valence-electron chi connectivity index (χ0n) is 17.6. The number of aliphatic hydroxyl groups excluding tert-OH is 1. The van der Waals surface area contributed by atoms with E-state index < -0.39 is 17.7 Å². The van der Waals surface area contributed by atoms with Crippen molar-refractivity contribution in [3.8, 4) is 5.75 Å². The van der Waals surface area contributed by atoms with Gasteiger partial charge in [0.2, 0.25) is 0 Å². The quantitative estimate of drug-likeness (QED) is 0.335. The molecule has 0 radical (unpaired) electrons. The van der Waals surface area contributed by atoms with E-state index in [1.54, 1.807) is 48.7 Å². The van der Waals surface area contributed by atoms with Gasteiger partial charge in [-0.1, -0.05) is 29.8 Å². The Morgan fingerprint density at radius 2 is 1.94 bits per heavy atom. The van der Waals surface area contributed by atoms with Crippen LogP contribution in [0.25, 0.3) is 5.76 Å². The van der Waals surface area contributed by atoms with Crippen molar-refractivity contribution in [2.24, 2.45) is 0 Å². The number of nitrogens with zero attached hydrogens (tertiary/aromatic N) is 2. The molecule has 1 fully saturated rings. The Bertz CT molecular complexity index is 1220. The summed E-state index contributed by atoms with van der Waals surface area (Å²) in [6.07, 6.45) is 1.58. The fourth-order valence-corrected chi connectivity index (χ4v) is 3.99. The Morgan fingerprint density at radius 1 is 1.12 bits per heavy atom. The van der Waals surface area contributed by atoms with E-state index in [0.717, 1.165) is 5.56 Å². The molecule has 0 spiro atoms. The Kier molecular flexibility index (Phi) is 5.97. The molecule has 2 heterocycles. The summed E-state index contributed by atoms with van der Waals surface area (Å²) in [5.41, 5.74) is 2.05. The predicted octanol–water partition coefficient (Wildman–Crippen LogP) is 5.07. The number of hydrogen-bond donors (Lipinski definition) is 1. The molecule has 1 aliphatic rings. The minimum absolute atomic E-state index is 0.0780. The third kappa shape index (κ3) is 3.85. The largest absolute Gasteiger partial charge is 0.507 e. The number of carbonyl (C=O) groups excluding carboxylic acids is 2. The highest BCUT2D eigenvalue weighted by Crippen LogP contribution is 2.42. The van der Waals surface area contributed by atoms with Gasteiger partial charge in [0.15, 0.2) is 0 Å². The molecule has 1 aliphatic heterocycles. The highest BCUT2D eigenvalue weighted by atomic mass is 35.5. The second-order valence-corrected chi connectivity index (χ2v) is 7.74. The summed E-state index contributed by atoms with van der Waals surface area (Å²) in [6.45, 7) is 4.16. The molecular formula is C25H21ClN2O4. The lowest BCUT2D eigenvalue weighted by atomic mass is 9.98. The SMILES string of the molecule is CCOc1ccc(Cl)c(/C(O)=C2\C(=O)C(=O)N(c3cccc(C)c3)C2c2ccccn2)c1. The molecular weight excluding hydrogens is 428 g/mol. The molecule has 1 saturated heterocycles. The summed E-state index contributed by atoms with van der Waals surface area (Å²) < 4.78 is 5.51. The molecule has 1 N–H and O–H groups in total. The number of carbonyl (C=O) groups is 2. The van der Waals surface area contributed by atoms with E-state index in [9.17, 15) is 14.7 Å². The first kappa shape index (κ1) is 21.6. The van der Waals surface area contributed by atoms with Crippen LogP contribution in [0, 0.1) is 6.92 Å². The van der Waals surface area contributed by atoms with Crippen molar-refractivity contribution in [1.29, 1.82) is 0 Å². The fraction of sp³-hybridized carbons (Fsp3) is 0.160. The van der Waals surface area contributed by atoms with E-state index in [1.165, 1.54) is 4.90 Å². The van der Waals surface area contributed by atoms with Gasteiger partial charge in [-0.05, 0) is 61.9 Å². The molecule has 162 valence electrons. The number of hydrogen-bond acceptors (Lipinski definition) is 5. The van der Waals surface area contributed by atoms with Gasteiger partial charge < -0.3 is 9.84 Å². The van der Waals surface area contributed by atoms with Crippen LogP contribution in [0.3, 0.4) is 0 Å². The van der Waals surface area contributed by atoms with E-state index in [2.05, 4.69) is 4.98 Å². The van der Waals surface area contributed by atoms with Gasteiger partial charge in [-0.2, -0.15) is 0 Å². The first-order valence-electron chi connectivity index (χ1n) is 10.1. The molecule has 1 amide bonds. The van der Waals surface area contributed by atoms with Gasteiger partial charge in [0.1, 0.15) is 17.6 Å². The van der Waals surface area contributed by atoms with Crippen molar-refractivity contribution >= 4 is 34.7 Å². The maximum Gasteiger partial charge on any atom is 0.300 e. The minimum Gasteiger partial charge on any atom is -0.507 e. The lowest BCUT2D eigenvalue weighted by Crippen LogP contribution is -2.29. The van der Waals surface area contributed by atoms with E-state index in [1.807, 2.05) is 32.0 Å². The minimum atomic E-state index is -0.912. The summed E-state index contributed by atoms with van der Waals surface area (Å²) in [5, 5.41) is 11.5. The number of aryl methyl sites for hydroxylation is 1. The van der Waals surface area contributed by atoms with Crippen molar-refractivity contribution < 1.29 is 19.4 Å². The van der Waals surface area contributed by atoms with Crippen molar-refractivity contribution in [1.82, 2.24) is 4.98 Å². The molecule has 1 aromatic heterocycles. The zero-order valence-corrected chi connectivity index (χ0v) is 18.3. The van der Waals surface area contributed by atoms with Crippen molar-refractivity contribution in [3.05, 3.63) is 94.3 Å². The van der Waals surface area contributed by atoms with Crippen LogP contribution in [0.2, 0.25) is 5.02 Å². The average Bonchev–Trinajstić information content (AvgIpc) is 3.06. The number of aromatic nitrogens is 1. The Hall–Kier alpha value is -3.64. The van der Waals surface area contributed by atoms with Gasteiger partial charge in [-0.15, -0.1) is 0 Å². The maximum atomic E-state index is 13.2. The average molecular weight is 449 g/mol. The van der Waals surface area contributed by atoms with Gasteiger partial charge >= 0.3 is 0 Å². The number of anilines is 1. The van der Waals surface area contributed by atoms with E-state index in [4.69, 9.17) is 16.3 Å². The number of Topliss-reactive ketones (excluding diaryl/α,β-unsaturated/α-hetero) is 1. The first-order valence-corrected chi connectivity index (χ1v) is 10.5. The molecule has 4 rings (SSSR count). The molecule has 6 nitrogen and oxygen atoms in total. The van der Waals surface area contributed by atoms with Gasteiger partial charge in [0.05, 0.1) is 22.9 Å². The van der Waals surface area contributed by atoms with Crippen LogP contribution in [-0.4, -0.2) is 28.4 Å². The topological polar surface area (TPSA) is 79.7 Å². The molecule has 32 heavy (non-hydrogen) atoms. The van der Waals surface area contributed by atoms with Crippen molar-refractivity contribution in [2.45, 2.75) is 19.9 Å². The molecule has 2 aromatic carbocycles. The monoisotopic (exact) mass is 448 g/mol. The second kappa shape index (κ2) is 8.85. The number of halogens is 1. The van der Waals surface area contributed by atoms with Crippen LogP contribution >= 0.6 is 11.6 Å². The Labute approximate surface area is 190 Å². The number of benzene rings is 2. The number of ether oxygens (including phenoxy) is 1. The molecule has 7 heteroatoms.